The predicted molar refractivity (Wildman–Crippen MR) is 143 cm³/mol. The minimum atomic E-state index is 0.488. The number of aryl methyl sites for hydroxylation is 2. The molecule has 0 saturated heterocycles. The van der Waals surface area contributed by atoms with Crippen molar-refractivity contribution >= 4 is 23.4 Å². The number of anilines is 1. The number of nitrogens with one attached hydrogen (secondary N) is 1. The van der Waals surface area contributed by atoms with Crippen molar-refractivity contribution in [2.45, 2.75) is 34.1 Å². The molecule has 3 aromatic carbocycles. The Morgan fingerprint density at radius 2 is 1.66 bits per heavy atom. The third kappa shape index (κ3) is 5.88. The lowest BCUT2D eigenvalue weighted by molar-refractivity contribution is 0.612. The summed E-state index contributed by atoms with van der Waals surface area (Å²) in [5.41, 5.74) is 10.8. The van der Waals surface area contributed by atoms with E-state index in [0.29, 0.717) is 5.92 Å². The summed E-state index contributed by atoms with van der Waals surface area (Å²) in [6.07, 6.45) is 7.16. The molecule has 0 fully saturated rings. The molecule has 0 saturated carbocycles. The third-order valence-electron chi connectivity index (χ3n) is 5.84. The summed E-state index contributed by atoms with van der Waals surface area (Å²) in [7, 11) is 0. The molecule has 1 nitrogen and oxygen atoms in total. The van der Waals surface area contributed by atoms with Gasteiger partial charge >= 0.3 is 0 Å². The van der Waals surface area contributed by atoms with Crippen LogP contribution in [-0.4, -0.2) is 6.54 Å². The Kier molecular flexibility index (Phi) is 7.89. The molecule has 3 rings (SSSR count). The van der Waals surface area contributed by atoms with Crippen LogP contribution in [0.2, 0.25) is 0 Å². The summed E-state index contributed by atoms with van der Waals surface area (Å²) in [5.74, 6) is 0.488. The first-order valence-electron chi connectivity index (χ1n) is 11.4. The molecular formula is C31H35N. The van der Waals surface area contributed by atoms with Gasteiger partial charge in [0.25, 0.3) is 0 Å². The van der Waals surface area contributed by atoms with Crippen molar-refractivity contribution < 1.29 is 0 Å². The van der Waals surface area contributed by atoms with Crippen LogP contribution in [0.25, 0.3) is 17.7 Å². The quantitative estimate of drug-likeness (QED) is 0.366. The Balaban J connectivity index is 1.72. The van der Waals surface area contributed by atoms with Crippen molar-refractivity contribution in [2.75, 3.05) is 11.9 Å². The minimum Gasteiger partial charge on any atom is -0.384 e. The van der Waals surface area contributed by atoms with Gasteiger partial charge in [0, 0.05) is 17.8 Å². The fourth-order valence-corrected chi connectivity index (χ4v) is 3.99. The fourth-order valence-electron chi connectivity index (χ4n) is 3.99. The average molecular weight is 422 g/mol. The molecule has 1 atom stereocenters. The van der Waals surface area contributed by atoms with Gasteiger partial charge in [-0.15, -0.1) is 0 Å². The molecule has 0 aromatic heterocycles. The molecule has 0 heterocycles. The third-order valence-corrected chi connectivity index (χ3v) is 5.84. The van der Waals surface area contributed by atoms with Crippen LogP contribution < -0.4 is 5.32 Å². The Bertz CT molecular complexity index is 1120. The van der Waals surface area contributed by atoms with Crippen molar-refractivity contribution in [3.05, 3.63) is 119 Å². The molecule has 3 aromatic rings. The van der Waals surface area contributed by atoms with E-state index in [4.69, 9.17) is 0 Å². The number of hydrogen-bond donors (Lipinski definition) is 1. The first-order valence-corrected chi connectivity index (χ1v) is 11.4. The van der Waals surface area contributed by atoms with Crippen molar-refractivity contribution in [1.29, 1.82) is 0 Å². The summed E-state index contributed by atoms with van der Waals surface area (Å²) in [4.78, 5) is 0. The van der Waals surface area contributed by atoms with Gasteiger partial charge < -0.3 is 5.32 Å². The average Bonchev–Trinajstić information content (AvgIpc) is 2.79. The van der Waals surface area contributed by atoms with E-state index in [2.05, 4.69) is 112 Å². The molecule has 0 bridgehead atoms. The molecule has 1 N–H and O–H groups in total. The van der Waals surface area contributed by atoms with E-state index in [1.165, 1.54) is 33.4 Å². The van der Waals surface area contributed by atoms with Gasteiger partial charge in [-0.05, 0) is 73.1 Å². The highest BCUT2D eigenvalue weighted by molar-refractivity contribution is 5.85. The highest BCUT2D eigenvalue weighted by atomic mass is 14.9. The Hall–Kier alpha value is -3.32. The maximum Gasteiger partial charge on any atom is 0.0420 e. The molecule has 164 valence electrons. The molecule has 0 amide bonds. The predicted octanol–water partition coefficient (Wildman–Crippen LogP) is 8.33. The zero-order valence-electron chi connectivity index (χ0n) is 19.9. The SMILES string of the molecule is C=Cc1cc(CC(C)CNc2ccc(C)cc2C(=C)c2ccc(C)cc2)ccc1/C=C\C. The van der Waals surface area contributed by atoms with Gasteiger partial charge in [0.05, 0.1) is 0 Å². The number of allylic oxidation sites excluding steroid dienone is 1. The van der Waals surface area contributed by atoms with Crippen molar-refractivity contribution in [3.8, 4) is 0 Å². The maximum atomic E-state index is 4.41. The Labute approximate surface area is 194 Å². The van der Waals surface area contributed by atoms with E-state index in [1.807, 2.05) is 13.0 Å². The van der Waals surface area contributed by atoms with Crippen LogP contribution in [0.1, 0.15) is 52.8 Å². The monoisotopic (exact) mass is 421 g/mol. The first-order chi connectivity index (χ1) is 15.4. The van der Waals surface area contributed by atoms with Gasteiger partial charge in [0.15, 0.2) is 0 Å². The van der Waals surface area contributed by atoms with E-state index in [-0.39, 0.29) is 0 Å². The summed E-state index contributed by atoms with van der Waals surface area (Å²) in [6.45, 7) is 17.9. The van der Waals surface area contributed by atoms with Crippen LogP contribution in [0, 0.1) is 19.8 Å². The van der Waals surface area contributed by atoms with E-state index in [1.54, 1.807) is 0 Å². The maximum absolute atomic E-state index is 4.41. The molecule has 0 aliphatic carbocycles. The van der Waals surface area contributed by atoms with E-state index >= 15 is 0 Å². The second kappa shape index (κ2) is 10.8. The topological polar surface area (TPSA) is 12.0 Å². The largest absolute Gasteiger partial charge is 0.384 e. The van der Waals surface area contributed by atoms with Crippen LogP contribution >= 0.6 is 0 Å². The molecule has 0 radical (unpaired) electrons. The summed E-state index contributed by atoms with van der Waals surface area (Å²) in [6, 6.07) is 21.8. The van der Waals surface area contributed by atoms with Gasteiger partial charge in [-0.25, -0.2) is 0 Å². The number of benzene rings is 3. The van der Waals surface area contributed by atoms with E-state index in [9.17, 15) is 0 Å². The lowest BCUT2D eigenvalue weighted by Crippen LogP contribution is -2.14. The lowest BCUT2D eigenvalue weighted by Gasteiger charge is -2.19. The van der Waals surface area contributed by atoms with Crippen LogP contribution in [0.15, 0.2) is 79.9 Å². The van der Waals surface area contributed by atoms with Crippen LogP contribution in [-0.2, 0) is 6.42 Å². The van der Waals surface area contributed by atoms with Crippen LogP contribution in [0.4, 0.5) is 5.69 Å². The molecule has 0 aliphatic heterocycles. The summed E-state index contributed by atoms with van der Waals surface area (Å²) < 4.78 is 0. The first kappa shape index (κ1) is 23.3. The van der Waals surface area contributed by atoms with Gasteiger partial charge in [0.1, 0.15) is 0 Å². The van der Waals surface area contributed by atoms with Gasteiger partial charge in [-0.1, -0.05) is 98.0 Å². The van der Waals surface area contributed by atoms with Crippen molar-refractivity contribution in [2.24, 2.45) is 5.92 Å². The molecular weight excluding hydrogens is 386 g/mol. The van der Waals surface area contributed by atoms with E-state index in [0.717, 1.165) is 29.8 Å². The fraction of sp³-hybridized carbons (Fsp3) is 0.226. The number of hydrogen-bond acceptors (Lipinski definition) is 1. The van der Waals surface area contributed by atoms with Crippen molar-refractivity contribution in [3.63, 3.8) is 0 Å². The lowest BCUT2D eigenvalue weighted by atomic mass is 9.94. The highest BCUT2D eigenvalue weighted by Gasteiger charge is 2.11. The second-order valence-electron chi connectivity index (χ2n) is 8.75. The smallest absolute Gasteiger partial charge is 0.0420 e. The molecule has 1 unspecified atom stereocenters. The molecule has 0 spiro atoms. The molecule has 0 aliphatic rings. The van der Waals surface area contributed by atoms with Gasteiger partial charge in [-0.2, -0.15) is 0 Å². The Morgan fingerprint density at radius 1 is 0.938 bits per heavy atom. The van der Waals surface area contributed by atoms with Crippen LogP contribution in [0.3, 0.4) is 0 Å². The molecule has 32 heavy (non-hydrogen) atoms. The molecule has 1 heteroatoms. The summed E-state index contributed by atoms with van der Waals surface area (Å²) in [5, 5.41) is 3.69. The van der Waals surface area contributed by atoms with Gasteiger partial charge in [-0.3, -0.25) is 0 Å². The van der Waals surface area contributed by atoms with Crippen LogP contribution in [0.5, 0.6) is 0 Å². The Morgan fingerprint density at radius 3 is 2.34 bits per heavy atom. The minimum absolute atomic E-state index is 0.488. The highest BCUT2D eigenvalue weighted by Crippen LogP contribution is 2.30. The van der Waals surface area contributed by atoms with Crippen molar-refractivity contribution in [1.82, 2.24) is 0 Å². The van der Waals surface area contributed by atoms with E-state index < -0.39 is 0 Å². The number of rotatable bonds is 9. The van der Waals surface area contributed by atoms with Gasteiger partial charge in [0.2, 0.25) is 0 Å². The summed E-state index contributed by atoms with van der Waals surface area (Å²) >= 11 is 0. The second-order valence-corrected chi connectivity index (χ2v) is 8.75. The standard InChI is InChI=1S/C31H35N/c1-7-9-29-16-13-26(20-27(29)8-2)18-24(5)21-32-31-17-12-23(4)19-30(31)25(6)28-14-10-22(3)11-15-28/h7-17,19-20,24,32H,2,6,18,21H2,1,3-5H3/b9-7-. The zero-order valence-corrected chi connectivity index (χ0v) is 19.9. The normalized spacial score (nSPS) is 12.0. The zero-order chi connectivity index (χ0) is 23.1.